The van der Waals surface area contributed by atoms with E-state index in [2.05, 4.69) is 204 Å². The molecular formula is C70H46N6O2. The fourth-order valence-corrected chi connectivity index (χ4v) is 10.2. The van der Waals surface area contributed by atoms with E-state index in [0.29, 0.717) is 11.8 Å². The fraction of sp³-hybridized carbons (Fsp3) is 0. The molecule has 0 fully saturated rings. The number of para-hydroxylation sites is 8. The predicted molar refractivity (Wildman–Crippen MR) is 317 cm³/mol. The van der Waals surface area contributed by atoms with Crippen molar-refractivity contribution in [2.45, 2.75) is 0 Å². The van der Waals surface area contributed by atoms with Crippen molar-refractivity contribution in [2.75, 3.05) is 9.80 Å². The van der Waals surface area contributed by atoms with Gasteiger partial charge in [-0.25, -0.2) is 19.9 Å². The monoisotopic (exact) mass is 1000 g/mol. The van der Waals surface area contributed by atoms with Crippen molar-refractivity contribution < 1.29 is 8.83 Å². The van der Waals surface area contributed by atoms with Gasteiger partial charge in [0, 0.05) is 56.4 Å². The molecule has 368 valence electrons. The quantitative estimate of drug-likeness (QED) is 0.120. The second-order valence-electron chi connectivity index (χ2n) is 19.1. The maximum absolute atomic E-state index is 6.08. The van der Waals surface area contributed by atoms with Crippen molar-refractivity contribution in [1.82, 2.24) is 19.9 Å². The normalized spacial score (nSPS) is 11.3. The third-order valence-electron chi connectivity index (χ3n) is 14.2. The van der Waals surface area contributed by atoms with Gasteiger partial charge in [0.25, 0.3) is 0 Å². The van der Waals surface area contributed by atoms with Crippen molar-refractivity contribution in [2.24, 2.45) is 0 Å². The summed E-state index contributed by atoms with van der Waals surface area (Å²) >= 11 is 0. The average Bonchev–Trinajstić information content (AvgIpc) is 4.18. The minimum Gasteiger partial charge on any atom is -0.436 e. The highest BCUT2D eigenvalue weighted by Gasteiger charge is 2.19. The number of hydrogen-bond acceptors (Lipinski definition) is 8. The summed E-state index contributed by atoms with van der Waals surface area (Å²) in [6.07, 6.45) is 0. The maximum Gasteiger partial charge on any atom is 0.227 e. The van der Waals surface area contributed by atoms with E-state index in [0.717, 1.165) is 123 Å². The number of oxazole rings is 2. The van der Waals surface area contributed by atoms with Crippen LogP contribution in [0.5, 0.6) is 0 Å². The van der Waals surface area contributed by atoms with Crippen LogP contribution in [0.25, 0.3) is 101 Å². The maximum atomic E-state index is 6.08. The predicted octanol–water partition coefficient (Wildman–Crippen LogP) is 18.9. The minimum absolute atomic E-state index is 0.603. The van der Waals surface area contributed by atoms with Crippen LogP contribution in [0.1, 0.15) is 0 Å². The minimum atomic E-state index is 0.603. The lowest BCUT2D eigenvalue weighted by Crippen LogP contribution is -2.09. The van der Waals surface area contributed by atoms with E-state index >= 15 is 0 Å². The van der Waals surface area contributed by atoms with E-state index in [1.807, 2.05) is 84.9 Å². The van der Waals surface area contributed by atoms with Crippen LogP contribution in [0.2, 0.25) is 0 Å². The summed E-state index contributed by atoms with van der Waals surface area (Å²) in [6, 6.07) is 96.1. The van der Waals surface area contributed by atoms with E-state index in [-0.39, 0.29) is 0 Å². The van der Waals surface area contributed by atoms with Gasteiger partial charge >= 0.3 is 0 Å². The molecule has 0 N–H and O–H groups in total. The summed E-state index contributed by atoms with van der Waals surface area (Å²) < 4.78 is 12.2. The Morgan fingerprint density at radius 3 is 0.795 bits per heavy atom. The third-order valence-corrected chi connectivity index (χ3v) is 14.2. The van der Waals surface area contributed by atoms with Gasteiger partial charge in [-0.1, -0.05) is 146 Å². The first-order valence-electron chi connectivity index (χ1n) is 25.9. The van der Waals surface area contributed by atoms with Gasteiger partial charge in [-0.15, -0.1) is 0 Å². The van der Waals surface area contributed by atoms with E-state index in [4.69, 9.17) is 28.8 Å². The first kappa shape index (κ1) is 45.9. The highest BCUT2D eigenvalue weighted by Crippen LogP contribution is 2.40. The molecule has 3 aromatic heterocycles. The molecule has 0 radical (unpaired) electrons. The first-order valence-corrected chi connectivity index (χ1v) is 25.9. The second-order valence-corrected chi connectivity index (χ2v) is 19.1. The van der Waals surface area contributed by atoms with Crippen LogP contribution >= 0.6 is 0 Å². The molecule has 0 saturated heterocycles. The summed E-state index contributed by atoms with van der Waals surface area (Å²) in [4.78, 5) is 24.4. The Bertz CT molecular complexity index is 4040. The highest BCUT2D eigenvalue weighted by atomic mass is 16.4. The van der Waals surface area contributed by atoms with Gasteiger partial charge in [0.2, 0.25) is 11.8 Å². The summed E-state index contributed by atoms with van der Waals surface area (Å²) in [5, 5.41) is 0. The molecule has 0 spiro atoms. The lowest BCUT2D eigenvalue weighted by Gasteiger charge is -2.25. The molecule has 0 aliphatic heterocycles. The number of benzene rings is 11. The lowest BCUT2D eigenvalue weighted by atomic mass is 9.98. The number of hydrogen-bond donors (Lipinski definition) is 0. The Morgan fingerprint density at radius 1 is 0.205 bits per heavy atom. The Hall–Kier alpha value is -10.7. The molecule has 0 unspecified atom stereocenters. The number of nitrogens with zero attached hydrogens (tertiary/aromatic N) is 6. The number of fused-ring (bicyclic) bond motifs is 3. The van der Waals surface area contributed by atoms with Crippen molar-refractivity contribution in [3.05, 3.63) is 279 Å². The van der Waals surface area contributed by atoms with Crippen molar-refractivity contribution in [3.8, 4) is 67.7 Å². The van der Waals surface area contributed by atoms with Gasteiger partial charge < -0.3 is 18.6 Å². The molecule has 3 heterocycles. The molecule has 0 aliphatic carbocycles. The Kier molecular flexibility index (Phi) is 11.7. The van der Waals surface area contributed by atoms with Gasteiger partial charge in [0.1, 0.15) is 11.0 Å². The zero-order valence-electron chi connectivity index (χ0n) is 42.1. The van der Waals surface area contributed by atoms with E-state index in [1.165, 1.54) is 0 Å². The van der Waals surface area contributed by atoms with Gasteiger partial charge in [0.15, 0.2) is 11.2 Å². The fourth-order valence-electron chi connectivity index (χ4n) is 10.2. The molecule has 0 bridgehead atoms. The zero-order valence-corrected chi connectivity index (χ0v) is 42.1. The zero-order chi connectivity index (χ0) is 51.8. The van der Waals surface area contributed by atoms with Crippen LogP contribution in [-0.2, 0) is 0 Å². The third kappa shape index (κ3) is 8.89. The molecule has 0 saturated carbocycles. The van der Waals surface area contributed by atoms with Gasteiger partial charge in [-0.05, 0) is 156 Å². The van der Waals surface area contributed by atoms with Gasteiger partial charge in [0.05, 0.1) is 22.4 Å². The number of aromatic nitrogens is 4. The van der Waals surface area contributed by atoms with Crippen LogP contribution in [0.4, 0.5) is 34.1 Å². The second kappa shape index (κ2) is 19.9. The average molecular weight is 1000 g/mol. The molecular weight excluding hydrogens is 957 g/mol. The standard InChI is InChI=1S/C70H46N6O2/c1-3-13-55(14-4-1)75(59-43-35-53(36-44-59)69-73-63-19-9-11-21-65(63)77-69)57-39-31-49(32-40-57)47-23-27-51(28-24-47)67-68(72-62-18-8-7-17-61(62)71-67)52-29-25-48(26-30-52)50-33-41-58(42-34-50)76(56-15-5-2-6-16-56)60-45-37-54(38-46-60)70-74-64-20-10-12-22-66(64)78-70/h1-46H. The molecule has 78 heavy (non-hydrogen) atoms. The molecule has 14 rings (SSSR count). The molecule has 14 aromatic rings. The Balaban J connectivity index is 0.720. The van der Waals surface area contributed by atoms with Gasteiger partial charge in [-0.2, -0.15) is 0 Å². The summed E-state index contributed by atoms with van der Waals surface area (Å²) in [7, 11) is 0. The van der Waals surface area contributed by atoms with Crippen LogP contribution in [0.3, 0.4) is 0 Å². The van der Waals surface area contributed by atoms with Crippen molar-refractivity contribution in [1.29, 1.82) is 0 Å². The molecule has 8 heteroatoms. The molecule has 0 amide bonds. The topological polar surface area (TPSA) is 84.3 Å². The first-order chi connectivity index (χ1) is 38.6. The smallest absolute Gasteiger partial charge is 0.227 e. The van der Waals surface area contributed by atoms with E-state index in [1.54, 1.807) is 0 Å². The SMILES string of the molecule is c1ccc(N(c2ccc(-c3ccc(-c4nc5ccccc5nc4-c4ccc(-c5ccc(N(c6ccccc6)c6ccc(-c7nc8ccccc8o7)cc6)cc5)cc4)cc3)cc2)c2ccc(-c3nc4ccccc4o3)cc2)cc1. The number of rotatable bonds is 12. The Labute approximate surface area is 450 Å². The summed E-state index contributed by atoms with van der Waals surface area (Å²) in [5.74, 6) is 1.21. The molecule has 0 aliphatic rings. The van der Waals surface area contributed by atoms with Crippen molar-refractivity contribution in [3.63, 3.8) is 0 Å². The van der Waals surface area contributed by atoms with Crippen LogP contribution < -0.4 is 9.80 Å². The Morgan fingerprint density at radius 2 is 0.462 bits per heavy atom. The molecule has 0 atom stereocenters. The summed E-state index contributed by atoms with van der Waals surface area (Å²) in [6.45, 7) is 0. The van der Waals surface area contributed by atoms with Crippen molar-refractivity contribution >= 4 is 67.4 Å². The van der Waals surface area contributed by atoms with E-state index < -0.39 is 0 Å². The molecule has 8 nitrogen and oxygen atoms in total. The van der Waals surface area contributed by atoms with E-state index in [9.17, 15) is 0 Å². The van der Waals surface area contributed by atoms with Crippen LogP contribution in [-0.4, -0.2) is 19.9 Å². The van der Waals surface area contributed by atoms with Crippen LogP contribution in [0, 0.1) is 0 Å². The highest BCUT2D eigenvalue weighted by molar-refractivity contribution is 5.88. The largest absolute Gasteiger partial charge is 0.436 e. The molecule has 11 aromatic carbocycles. The number of anilines is 6. The van der Waals surface area contributed by atoms with Gasteiger partial charge in [-0.3, -0.25) is 0 Å². The van der Waals surface area contributed by atoms with Crippen LogP contribution in [0.15, 0.2) is 288 Å². The summed E-state index contributed by atoms with van der Waals surface area (Å²) in [5.41, 5.74) is 21.1. The lowest BCUT2D eigenvalue weighted by molar-refractivity contribution is 0.619.